The second-order valence-corrected chi connectivity index (χ2v) is 6.65. The number of likely N-dealkylation sites (tertiary alicyclic amines) is 1. The first-order valence-electron chi connectivity index (χ1n) is 8.33. The third-order valence-corrected chi connectivity index (χ3v) is 4.90. The Labute approximate surface area is 137 Å². The Balaban J connectivity index is 1.55. The summed E-state index contributed by atoms with van der Waals surface area (Å²) < 4.78 is 5.24. The van der Waals surface area contributed by atoms with Gasteiger partial charge in [-0.2, -0.15) is 0 Å². The number of benzene rings is 1. The van der Waals surface area contributed by atoms with Crippen molar-refractivity contribution in [3.05, 3.63) is 24.3 Å². The van der Waals surface area contributed by atoms with Crippen LogP contribution in [0.4, 0.5) is 5.69 Å². The minimum atomic E-state index is -0.202. The Morgan fingerprint density at radius 1 is 1.17 bits per heavy atom. The van der Waals surface area contributed by atoms with Crippen LogP contribution in [0, 0.1) is 17.8 Å². The lowest BCUT2D eigenvalue weighted by molar-refractivity contribution is -0.135. The van der Waals surface area contributed by atoms with E-state index in [-0.39, 0.29) is 23.7 Å². The number of nitrogens with one attached hydrogen (secondary N) is 1. The molecule has 2 fully saturated rings. The SMILES string of the molecule is COc1ccccc1NC(=O)C1CC1C(=O)N1CCC(C)CC1. The standard InChI is InChI=1S/C18H24N2O3/c1-12-7-9-20(10-8-12)18(22)14-11-13(14)17(21)19-15-5-3-4-6-16(15)23-2/h3-6,12-14H,7-11H2,1-2H3,(H,19,21). The molecule has 0 bridgehead atoms. The summed E-state index contributed by atoms with van der Waals surface area (Å²) in [6.07, 6.45) is 2.79. The number of nitrogens with zero attached hydrogens (tertiary/aromatic N) is 1. The van der Waals surface area contributed by atoms with Crippen LogP contribution >= 0.6 is 0 Å². The second-order valence-electron chi connectivity index (χ2n) is 6.65. The van der Waals surface area contributed by atoms with Crippen molar-refractivity contribution in [1.82, 2.24) is 4.90 Å². The number of carbonyl (C=O) groups excluding carboxylic acids is 2. The maximum absolute atomic E-state index is 12.5. The van der Waals surface area contributed by atoms with Gasteiger partial charge in [0.05, 0.1) is 24.6 Å². The smallest absolute Gasteiger partial charge is 0.228 e. The fourth-order valence-electron chi connectivity index (χ4n) is 3.19. The molecule has 1 saturated carbocycles. The summed E-state index contributed by atoms with van der Waals surface area (Å²) in [5, 5.41) is 2.88. The molecule has 2 amide bonds. The molecule has 0 spiro atoms. The molecule has 2 unspecified atom stereocenters. The average Bonchev–Trinajstić information content (AvgIpc) is 3.36. The van der Waals surface area contributed by atoms with E-state index in [9.17, 15) is 9.59 Å². The zero-order valence-electron chi connectivity index (χ0n) is 13.7. The van der Waals surface area contributed by atoms with Gasteiger partial charge in [0.1, 0.15) is 5.75 Å². The minimum absolute atomic E-state index is 0.0850. The molecule has 0 radical (unpaired) electrons. The molecule has 2 atom stereocenters. The van der Waals surface area contributed by atoms with Gasteiger partial charge >= 0.3 is 0 Å². The lowest BCUT2D eigenvalue weighted by Gasteiger charge is -2.30. The van der Waals surface area contributed by atoms with Gasteiger partial charge in [-0.1, -0.05) is 19.1 Å². The Morgan fingerprint density at radius 3 is 2.57 bits per heavy atom. The Kier molecular flexibility index (Phi) is 4.55. The molecule has 1 aromatic rings. The van der Waals surface area contributed by atoms with Crippen LogP contribution in [0.15, 0.2) is 24.3 Å². The van der Waals surface area contributed by atoms with Gasteiger partial charge in [0.15, 0.2) is 0 Å². The summed E-state index contributed by atoms with van der Waals surface area (Å²) in [7, 11) is 1.58. The number of piperidine rings is 1. The van der Waals surface area contributed by atoms with Crippen LogP contribution in [0.25, 0.3) is 0 Å². The van der Waals surface area contributed by atoms with Crippen molar-refractivity contribution in [2.24, 2.45) is 17.8 Å². The van der Waals surface area contributed by atoms with E-state index in [0.717, 1.165) is 25.9 Å². The number of methoxy groups -OCH3 is 1. The van der Waals surface area contributed by atoms with E-state index in [1.807, 2.05) is 23.1 Å². The number of carbonyl (C=O) groups is 2. The number of hydrogen-bond donors (Lipinski definition) is 1. The maximum atomic E-state index is 12.5. The average molecular weight is 316 g/mol. The van der Waals surface area contributed by atoms with E-state index in [2.05, 4.69) is 12.2 Å². The van der Waals surface area contributed by atoms with Crippen LogP contribution in [0.5, 0.6) is 5.75 Å². The first kappa shape index (κ1) is 15.8. The lowest BCUT2D eigenvalue weighted by Crippen LogP contribution is -2.39. The third-order valence-electron chi connectivity index (χ3n) is 4.90. The van der Waals surface area contributed by atoms with Crippen molar-refractivity contribution < 1.29 is 14.3 Å². The predicted octanol–water partition coefficient (Wildman–Crippen LogP) is 2.53. The topological polar surface area (TPSA) is 58.6 Å². The molecule has 1 N–H and O–H groups in total. The highest BCUT2D eigenvalue weighted by molar-refractivity contribution is 6.00. The largest absolute Gasteiger partial charge is 0.495 e. The molecule has 1 heterocycles. The molecule has 1 saturated heterocycles. The predicted molar refractivity (Wildman–Crippen MR) is 88.2 cm³/mol. The molecule has 124 valence electrons. The van der Waals surface area contributed by atoms with Crippen LogP contribution < -0.4 is 10.1 Å². The van der Waals surface area contributed by atoms with Crippen molar-refractivity contribution in [2.45, 2.75) is 26.2 Å². The summed E-state index contributed by atoms with van der Waals surface area (Å²) >= 11 is 0. The lowest BCUT2D eigenvalue weighted by atomic mass is 9.99. The highest BCUT2D eigenvalue weighted by atomic mass is 16.5. The number of amides is 2. The second kappa shape index (κ2) is 6.60. The molecule has 3 rings (SSSR count). The summed E-state index contributed by atoms with van der Waals surface area (Å²) in [5.74, 6) is 1.05. The van der Waals surface area contributed by atoms with E-state index in [1.165, 1.54) is 0 Å². The van der Waals surface area contributed by atoms with Crippen molar-refractivity contribution in [3.8, 4) is 5.75 Å². The van der Waals surface area contributed by atoms with Gasteiger partial charge in [0.2, 0.25) is 11.8 Å². The molecule has 1 aromatic carbocycles. The molecule has 1 aliphatic carbocycles. The molecule has 5 heteroatoms. The minimum Gasteiger partial charge on any atom is -0.495 e. The van der Waals surface area contributed by atoms with Crippen LogP contribution in [-0.2, 0) is 9.59 Å². The van der Waals surface area contributed by atoms with Gasteiger partial charge in [0.25, 0.3) is 0 Å². The quantitative estimate of drug-likeness (QED) is 0.928. The van der Waals surface area contributed by atoms with Crippen LogP contribution in [0.2, 0.25) is 0 Å². The van der Waals surface area contributed by atoms with Crippen LogP contribution in [-0.4, -0.2) is 36.9 Å². The van der Waals surface area contributed by atoms with Gasteiger partial charge in [-0.05, 0) is 37.3 Å². The molecule has 23 heavy (non-hydrogen) atoms. The van der Waals surface area contributed by atoms with Gasteiger partial charge in [-0.15, -0.1) is 0 Å². The first-order valence-corrected chi connectivity index (χ1v) is 8.33. The summed E-state index contributed by atoms with van der Waals surface area (Å²) in [5.41, 5.74) is 0.657. The number of para-hydroxylation sites is 2. The number of anilines is 1. The highest BCUT2D eigenvalue weighted by Crippen LogP contribution is 2.42. The van der Waals surface area contributed by atoms with E-state index < -0.39 is 0 Å². The fourth-order valence-corrected chi connectivity index (χ4v) is 3.19. The zero-order chi connectivity index (χ0) is 16.4. The van der Waals surface area contributed by atoms with Crippen molar-refractivity contribution in [2.75, 3.05) is 25.5 Å². The molecular weight excluding hydrogens is 292 g/mol. The molecule has 1 aliphatic heterocycles. The molecule has 2 aliphatic rings. The molecular formula is C18H24N2O3. The van der Waals surface area contributed by atoms with Gasteiger partial charge in [-0.3, -0.25) is 9.59 Å². The van der Waals surface area contributed by atoms with Crippen LogP contribution in [0.1, 0.15) is 26.2 Å². The molecule has 5 nitrogen and oxygen atoms in total. The van der Waals surface area contributed by atoms with Gasteiger partial charge in [-0.25, -0.2) is 0 Å². The number of rotatable bonds is 4. The van der Waals surface area contributed by atoms with E-state index in [4.69, 9.17) is 4.74 Å². The highest BCUT2D eigenvalue weighted by Gasteiger charge is 2.49. The van der Waals surface area contributed by atoms with Crippen molar-refractivity contribution >= 4 is 17.5 Å². The fraction of sp³-hybridized carbons (Fsp3) is 0.556. The van der Waals surface area contributed by atoms with E-state index in [1.54, 1.807) is 13.2 Å². The normalized spacial score (nSPS) is 24.2. The summed E-state index contributed by atoms with van der Waals surface area (Å²) in [4.78, 5) is 26.8. The summed E-state index contributed by atoms with van der Waals surface area (Å²) in [6, 6.07) is 7.32. The Hall–Kier alpha value is -2.04. The van der Waals surface area contributed by atoms with Gasteiger partial charge < -0.3 is 15.0 Å². The van der Waals surface area contributed by atoms with Crippen LogP contribution in [0.3, 0.4) is 0 Å². The summed E-state index contributed by atoms with van der Waals surface area (Å²) in [6.45, 7) is 3.89. The van der Waals surface area contributed by atoms with Crippen molar-refractivity contribution in [1.29, 1.82) is 0 Å². The maximum Gasteiger partial charge on any atom is 0.228 e. The Morgan fingerprint density at radius 2 is 1.87 bits per heavy atom. The first-order chi connectivity index (χ1) is 11.1. The number of ether oxygens (including phenoxy) is 1. The van der Waals surface area contributed by atoms with E-state index in [0.29, 0.717) is 23.8 Å². The zero-order valence-corrected chi connectivity index (χ0v) is 13.7. The molecule has 0 aromatic heterocycles. The van der Waals surface area contributed by atoms with Crippen molar-refractivity contribution in [3.63, 3.8) is 0 Å². The monoisotopic (exact) mass is 316 g/mol. The Bertz CT molecular complexity index is 594. The van der Waals surface area contributed by atoms with E-state index >= 15 is 0 Å². The third kappa shape index (κ3) is 3.49. The number of hydrogen-bond acceptors (Lipinski definition) is 3. The van der Waals surface area contributed by atoms with Gasteiger partial charge in [0, 0.05) is 13.1 Å².